The Balaban J connectivity index is 2.33. The van der Waals surface area contributed by atoms with E-state index in [0.29, 0.717) is 5.09 Å². The Labute approximate surface area is 110 Å². The molecule has 0 saturated heterocycles. The molecule has 0 fully saturated rings. The van der Waals surface area contributed by atoms with E-state index >= 15 is 0 Å². The summed E-state index contributed by atoms with van der Waals surface area (Å²) in [6.45, 7) is 1.40. The van der Waals surface area contributed by atoms with Gasteiger partial charge >= 0.3 is 0 Å². The third kappa shape index (κ3) is 2.48. The number of ketones is 2. The van der Waals surface area contributed by atoms with Crippen molar-refractivity contribution < 1.29 is 14.3 Å². The molecule has 1 aliphatic heterocycles. The number of Topliss-reactive ketones (excluding diaryl/α,β-unsaturated/α-hetero) is 2. The summed E-state index contributed by atoms with van der Waals surface area (Å²) in [6, 6.07) is 9.59. The predicted octanol–water partition coefficient (Wildman–Crippen LogP) is 2.88. The van der Waals surface area contributed by atoms with Crippen molar-refractivity contribution >= 4 is 23.3 Å². The van der Waals surface area contributed by atoms with Gasteiger partial charge in [-0.2, -0.15) is 0 Å². The average molecular weight is 262 g/mol. The predicted molar refractivity (Wildman–Crippen MR) is 71.1 cm³/mol. The summed E-state index contributed by atoms with van der Waals surface area (Å²) in [5.41, 5.74) is 1.16. The number of allylic oxidation sites excluding steroid dienone is 1. The summed E-state index contributed by atoms with van der Waals surface area (Å²) in [5.74, 6) is -0.359. The molecule has 2 rings (SSSR count). The van der Waals surface area contributed by atoms with Gasteiger partial charge in [0.2, 0.25) is 0 Å². The van der Waals surface area contributed by atoms with E-state index in [4.69, 9.17) is 4.74 Å². The van der Waals surface area contributed by atoms with E-state index in [-0.39, 0.29) is 29.7 Å². The summed E-state index contributed by atoms with van der Waals surface area (Å²) in [6.07, 6.45) is 1.74. The molecule has 0 N–H and O–H groups in total. The van der Waals surface area contributed by atoms with Crippen molar-refractivity contribution in [2.24, 2.45) is 0 Å². The van der Waals surface area contributed by atoms with Gasteiger partial charge in [-0.1, -0.05) is 42.1 Å². The summed E-state index contributed by atoms with van der Waals surface area (Å²) in [7, 11) is 0. The van der Waals surface area contributed by atoms with Crippen LogP contribution in [-0.2, 0) is 14.3 Å². The topological polar surface area (TPSA) is 43.4 Å². The van der Waals surface area contributed by atoms with Gasteiger partial charge in [0.1, 0.15) is 11.7 Å². The fourth-order valence-corrected chi connectivity index (χ4v) is 2.63. The van der Waals surface area contributed by atoms with E-state index in [0.717, 1.165) is 5.56 Å². The monoisotopic (exact) mass is 262 g/mol. The van der Waals surface area contributed by atoms with Gasteiger partial charge in [0.15, 0.2) is 16.7 Å². The number of ether oxygens (including phenoxy) is 1. The molecule has 4 heteroatoms. The number of carbonyl (C=O) groups excluding carboxylic acids is 2. The summed E-state index contributed by atoms with van der Waals surface area (Å²) >= 11 is 1.30. The highest BCUT2D eigenvalue weighted by atomic mass is 32.2. The van der Waals surface area contributed by atoms with Gasteiger partial charge in [-0.3, -0.25) is 9.59 Å². The van der Waals surface area contributed by atoms with E-state index in [1.54, 1.807) is 6.26 Å². The Kier molecular flexibility index (Phi) is 3.87. The largest absolute Gasteiger partial charge is 0.478 e. The molecule has 0 amide bonds. The van der Waals surface area contributed by atoms with Crippen molar-refractivity contribution in [3.8, 4) is 0 Å². The van der Waals surface area contributed by atoms with E-state index in [2.05, 4.69) is 0 Å². The molecule has 0 aromatic heterocycles. The molecular weight excluding hydrogens is 248 g/mol. The molecule has 0 radical (unpaired) electrons. The SMILES string of the molecule is CSC1=C(C(C)=O)C(=O)CC(c2ccccc2)O1. The number of rotatable bonds is 3. The first kappa shape index (κ1) is 12.9. The van der Waals surface area contributed by atoms with Gasteiger partial charge in [-0.05, 0) is 18.7 Å². The van der Waals surface area contributed by atoms with Gasteiger partial charge in [-0.25, -0.2) is 0 Å². The minimum Gasteiger partial charge on any atom is -0.478 e. The molecule has 1 aromatic carbocycles. The maximum absolute atomic E-state index is 12.0. The molecule has 1 aliphatic rings. The molecule has 1 unspecified atom stereocenters. The zero-order valence-corrected chi connectivity index (χ0v) is 11.1. The maximum Gasteiger partial charge on any atom is 0.174 e. The normalized spacial score (nSPS) is 19.7. The number of hydrogen-bond acceptors (Lipinski definition) is 4. The highest BCUT2D eigenvalue weighted by Gasteiger charge is 2.31. The minimum atomic E-state index is -0.288. The first-order valence-corrected chi connectivity index (χ1v) is 6.90. The lowest BCUT2D eigenvalue weighted by atomic mass is 9.97. The lowest BCUT2D eigenvalue weighted by Crippen LogP contribution is -2.23. The van der Waals surface area contributed by atoms with Crippen LogP contribution in [-0.4, -0.2) is 17.8 Å². The standard InChI is InChI=1S/C14H14O3S/c1-9(15)13-11(16)8-12(17-14(13)18-2)10-6-4-3-5-7-10/h3-7,12H,8H2,1-2H3. The van der Waals surface area contributed by atoms with Gasteiger partial charge in [-0.15, -0.1) is 0 Å². The van der Waals surface area contributed by atoms with Crippen LogP contribution in [0, 0.1) is 0 Å². The Bertz CT molecular complexity index is 505. The number of carbonyl (C=O) groups is 2. The molecule has 0 aliphatic carbocycles. The fourth-order valence-electron chi connectivity index (χ4n) is 1.96. The van der Waals surface area contributed by atoms with Crippen LogP contribution in [0.1, 0.15) is 25.0 Å². The van der Waals surface area contributed by atoms with Crippen molar-refractivity contribution in [3.63, 3.8) is 0 Å². The highest BCUT2D eigenvalue weighted by Crippen LogP contribution is 2.36. The zero-order valence-electron chi connectivity index (χ0n) is 10.3. The molecule has 0 bridgehead atoms. The summed E-state index contributed by atoms with van der Waals surface area (Å²) in [4.78, 5) is 23.5. The Morgan fingerprint density at radius 3 is 2.56 bits per heavy atom. The van der Waals surface area contributed by atoms with E-state index in [9.17, 15) is 9.59 Å². The fraction of sp³-hybridized carbons (Fsp3) is 0.286. The molecule has 0 spiro atoms. The first-order valence-electron chi connectivity index (χ1n) is 5.67. The first-order chi connectivity index (χ1) is 8.63. The van der Waals surface area contributed by atoms with Crippen LogP contribution in [0.15, 0.2) is 41.0 Å². The summed E-state index contributed by atoms with van der Waals surface area (Å²) in [5, 5.41) is 0.438. The van der Waals surface area contributed by atoms with E-state index in [1.165, 1.54) is 18.7 Å². The van der Waals surface area contributed by atoms with Crippen molar-refractivity contribution in [3.05, 3.63) is 46.6 Å². The Hall–Kier alpha value is -1.55. The number of thioether (sulfide) groups is 1. The van der Waals surface area contributed by atoms with Crippen LogP contribution >= 0.6 is 11.8 Å². The third-order valence-electron chi connectivity index (χ3n) is 2.81. The lowest BCUT2D eigenvalue weighted by Gasteiger charge is -2.26. The van der Waals surface area contributed by atoms with Crippen LogP contribution in [0.3, 0.4) is 0 Å². The Morgan fingerprint density at radius 1 is 1.33 bits per heavy atom. The lowest BCUT2D eigenvalue weighted by molar-refractivity contribution is -0.123. The minimum absolute atomic E-state index is 0.132. The van der Waals surface area contributed by atoms with Gasteiger partial charge in [0.05, 0.1) is 6.42 Å². The molecule has 0 saturated carbocycles. The quantitative estimate of drug-likeness (QED) is 0.786. The second-order valence-electron chi connectivity index (χ2n) is 4.07. The number of hydrogen-bond donors (Lipinski definition) is 0. The van der Waals surface area contributed by atoms with E-state index in [1.807, 2.05) is 30.3 Å². The molecular formula is C14H14O3S. The Morgan fingerprint density at radius 2 is 2.00 bits per heavy atom. The van der Waals surface area contributed by atoms with Crippen LogP contribution in [0.2, 0.25) is 0 Å². The summed E-state index contributed by atoms with van der Waals surface area (Å²) < 4.78 is 5.77. The second-order valence-corrected chi connectivity index (χ2v) is 4.85. The van der Waals surface area contributed by atoms with Gasteiger partial charge in [0.25, 0.3) is 0 Å². The zero-order chi connectivity index (χ0) is 13.1. The third-order valence-corrected chi connectivity index (χ3v) is 3.48. The van der Waals surface area contributed by atoms with Crippen LogP contribution in [0.4, 0.5) is 0 Å². The molecule has 94 valence electrons. The molecule has 18 heavy (non-hydrogen) atoms. The van der Waals surface area contributed by atoms with Crippen molar-refractivity contribution in [1.29, 1.82) is 0 Å². The van der Waals surface area contributed by atoms with Crippen molar-refractivity contribution in [2.75, 3.05) is 6.26 Å². The van der Waals surface area contributed by atoms with Gasteiger partial charge < -0.3 is 4.74 Å². The maximum atomic E-state index is 12.0. The van der Waals surface area contributed by atoms with Crippen molar-refractivity contribution in [1.82, 2.24) is 0 Å². The molecule has 1 atom stereocenters. The van der Waals surface area contributed by atoms with Crippen LogP contribution < -0.4 is 0 Å². The highest BCUT2D eigenvalue weighted by molar-refractivity contribution is 8.02. The molecule has 3 nitrogen and oxygen atoms in total. The van der Waals surface area contributed by atoms with E-state index < -0.39 is 0 Å². The molecule has 1 heterocycles. The van der Waals surface area contributed by atoms with Crippen LogP contribution in [0.25, 0.3) is 0 Å². The molecule has 1 aromatic rings. The van der Waals surface area contributed by atoms with Crippen LogP contribution in [0.5, 0.6) is 0 Å². The number of benzene rings is 1. The van der Waals surface area contributed by atoms with Gasteiger partial charge in [0, 0.05) is 0 Å². The average Bonchev–Trinajstić information content (AvgIpc) is 2.38. The second kappa shape index (κ2) is 5.40. The smallest absolute Gasteiger partial charge is 0.174 e. The van der Waals surface area contributed by atoms with Crippen molar-refractivity contribution in [2.45, 2.75) is 19.4 Å².